The van der Waals surface area contributed by atoms with Crippen molar-refractivity contribution in [3.63, 3.8) is 0 Å². The Morgan fingerprint density at radius 2 is 1.82 bits per heavy atom. The molecule has 54 valence electrons. The summed E-state index contributed by atoms with van der Waals surface area (Å²) in [6.07, 6.45) is 0.156. The summed E-state index contributed by atoms with van der Waals surface area (Å²) in [5.41, 5.74) is 1.13. The molecule has 0 aliphatic rings. The zero-order chi connectivity index (χ0) is 7.40. The van der Waals surface area contributed by atoms with E-state index in [4.69, 9.17) is 0 Å². The molecule has 0 saturated carbocycles. The zero-order valence-corrected chi connectivity index (χ0v) is 10.2. The molecule has 0 saturated heterocycles. The summed E-state index contributed by atoms with van der Waals surface area (Å²) in [6, 6.07) is 9.83. The Kier molecular flexibility index (Phi) is 6.82. The van der Waals surface area contributed by atoms with Gasteiger partial charge in [0.05, 0.1) is 0 Å². The smallest absolute Gasteiger partial charge is 0.852 e. The van der Waals surface area contributed by atoms with Crippen molar-refractivity contribution in [3.8, 4) is 0 Å². The maximum atomic E-state index is 10.7. The van der Waals surface area contributed by atoms with Gasteiger partial charge in [0.25, 0.3) is 0 Å². The molecule has 1 aromatic carbocycles. The van der Waals surface area contributed by atoms with Crippen LogP contribution in [0.2, 0.25) is 0 Å². The van der Waals surface area contributed by atoms with Crippen LogP contribution in [0.5, 0.6) is 0 Å². The van der Waals surface area contributed by atoms with Crippen molar-refractivity contribution in [1.82, 2.24) is 0 Å². The fourth-order valence-electron chi connectivity index (χ4n) is 0.946. The van der Waals surface area contributed by atoms with Gasteiger partial charge in [-0.15, -0.1) is 6.10 Å². The molecular weight excluding hydrogens is 163 g/mol. The number of benzene rings is 1. The third kappa shape index (κ3) is 5.12. The van der Waals surface area contributed by atoms with Crippen LogP contribution >= 0.6 is 0 Å². The summed E-state index contributed by atoms with van der Waals surface area (Å²) in [5, 5.41) is 10.7. The van der Waals surface area contributed by atoms with Gasteiger partial charge in [0.15, 0.2) is 0 Å². The Morgan fingerprint density at radius 3 is 2.27 bits per heavy atom. The summed E-state index contributed by atoms with van der Waals surface area (Å²) in [7, 11) is 0. The Hall–Kier alpha value is 0.816. The molecule has 0 aromatic heterocycles. The molecule has 1 rings (SSSR count). The standard InChI is InChI=1S/C9H11O.K/c1-8(10)7-9-5-3-2-4-6-9;/h2-6,8H,7H2,1H3;/q-1;+1. The topological polar surface area (TPSA) is 23.1 Å². The Morgan fingerprint density at radius 1 is 1.27 bits per heavy atom. The maximum Gasteiger partial charge on any atom is 1.00 e. The van der Waals surface area contributed by atoms with E-state index in [1.165, 1.54) is 0 Å². The van der Waals surface area contributed by atoms with Crippen LogP contribution in [0.4, 0.5) is 0 Å². The van der Waals surface area contributed by atoms with Crippen LogP contribution in [0, 0.1) is 0 Å². The van der Waals surface area contributed by atoms with Gasteiger partial charge in [-0.25, -0.2) is 0 Å². The number of rotatable bonds is 2. The van der Waals surface area contributed by atoms with Crippen molar-refractivity contribution in [1.29, 1.82) is 0 Å². The van der Waals surface area contributed by atoms with Crippen LogP contribution in [0.3, 0.4) is 0 Å². The first-order valence-electron chi connectivity index (χ1n) is 3.49. The van der Waals surface area contributed by atoms with E-state index in [9.17, 15) is 5.11 Å². The maximum absolute atomic E-state index is 10.7. The predicted molar refractivity (Wildman–Crippen MR) is 39.6 cm³/mol. The second kappa shape index (κ2) is 6.35. The van der Waals surface area contributed by atoms with E-state index in [1.54, 1.807) is 6.92 Å². The predicted octanol–water partition coefficient (Wildman–Crippen LogP) is -2.02. The molecule has 2 heteroatoms. The van der Waals surface area contributed by atoms with Crippen LogP contribution in [0.25, 0.3) is 0 Å². The molecule has 1 aromatic rings. The van der Waals surface area contributed by atoms with Crippen molar-refractivity contribution in [2.45, 2.75) is 19.4 Å². The molecule has 0 amide bonds. The molecular formula is C9H11KO. The van der Waals surface area contributed by atoms with E-state index < -0.39 is 6.10 Å². The first-order valence-corrected chi connectivity index (χ1v) is 3.49. The average Bonchev–Trinajstić information content (AvgIpc) is 1.88. The molecule has 0 N–H and O–H groups in total. The number of hydrogen-bond acceptors (Lipinski definition) is 1. The van der Waals surface area contributed by atoms with Crippen LogP contribution in [-0.2, 0) is 6.42 Å². The molecule has 0 bridgehead atoms. The monoisotopic (exact) mass is 174 g/mol. The Balaban J connectivity index is 0.000001000. The fraction of sp³-hybridized carbons (Fsp3) is 0.333. The van der Waals surface area contributed by atoms with Crippen LogP contribution in [0.1, 0.15) is 12.5 Å². The van der Waals surface area contributed by atoms with Crippen molar-refractivity contribution in [3.05, 3.63) is 35.9 Å². The van der Waals surface area contributed by atoms with Gasteiger partial charge in [-0.3, -0.25) is 0 Å². The second-order valence-corrected chi connectivity index (χ2v) is 2.50. The van der Waals surface area contributed by atoms with Gasteiger partial charge < -0.3 is 5.11 Å². The number of hydrogen-bond donors (Lipinski definition) is 0. The summed E-state index contributed by atoms with van der Waals surface area (Å²) >= 11 is 0. The molecule has 0 fully saturated rings. The third-order valence-electron chi connectivity index (χ3n) is 1.37. The summed E-state index contributed by atoms with van der Waals surface area (Å²) in [4.78, 5) is 0. The Bertz CT molecular complexity index is 184. The van der Waals surface area contributed by atoms with E-state index in [2.05, 4.69) is 0 Å². The Labute approximate surface area is 110 Å². The van der Waals surface area contributed by atoms with Gasteiger partial charge >= 0.3 is 51.4 Å². The molecule has 0 radical (unpaired) electrons. The average molecular weight is 174 g/mol. The van der Waals surface area contributed by atoms with E-state index >= 15 is 0 Å². The van der Waals surface area contributed by atoms with Gasteiger partial charge in [0, 0.05) is 0 Å². The molecule has 0 aliphatic carbocycles. The van der Waals surface area contributed by atoms with Crippen molar-refractivity contribution in [2.75, 3.05) is 0 Å². The van der Waals surface area contributed by atoms with Crippen LogP contribution < -0.4 is 56.5 Å². The largest absolute Gasteiger partial charge is 1.00 e. The van der Waals surface area contributed by atoms with Gasteiger partial charge in [-0.1, -0.05) is 37.3 Å². The van der Waals surface area contributed by atoms with E-state index in [0.717, 1.165) is 5.56 Å². The molecule has 0 spiro atoms. The molecule has 1 atom stereocenters. The molecule has 1 unspecified atom stereocenters. The minimum absolute atomic E-state index is 0. The van der Waals surface area contributed by atoms with E-state index in [0.29, 0.717) is 6.42 Å². The van der Waals surface area contributed by atoms with Gasteiger partial charge in [-0.2, -0.15) is 0 Å². The van der Waals surface area contributed by atoms with E-state index in [1.807, 2.05) is 30.3 Å². The molecule has 1 nitrogen and oxygen atoms in total. The minimum Gasteiger partial charge on any atom is -0.852 e. The van der Waals surface area contributed by atoms with E-state index in [-0.39, 0.29) is 51.4 Å². The summed E-state index contributed by atoms with van der Waals surface area (Å²) in [6.45, 7) is 1.69. The summed E-state index contributed by atoms with van der Waals surface area (Å²) in [5.74, 6) is 0. The van der Waals surface area contributed by atoms with Gasteiger partial charge in [0.1, 0.15) is 0 Å². The van der Waals surface area contributed by atoms with Crippen molar-refractivity contribution in [2.24, 2.45) is 0 Å². The van der Waals surface area contributed by atoms with Gasteiger partial charge in [-0.05, 0) is 12.0 Å². The first-order chi connectivity index (χ1) is 4.79. The van der Waals surface area contributed by atoms with Crippen molar-refractivity contribution >= 4 is 0 Å². The molecule has 11 heavy (non-hydrogen) atoms. The summed E-state index contributed by atoms with van der Waals surface area (Å²) < 4.78 is 0. The first kappa shape index (κ1) is 11.8. The molecule has 0 heterocycles. The van der Waals surface area contributed by atoms with Crippen molar-refractivity contribution < 1.29 is 56.5 Å². The quantitative estimate of drug-likeness (QED) is 0.475. The SMILES string of the molecule is CC([O-])Cc1ccccc1.[K+]. The second-order valence-electron chi connectivity index (χ2n) is 2.50. The van der Waals surface area contributed by atoms with Crippen LogP contribution in [-0.4, -0.2) is 6.10 Å². The fourth-order valence-corrected chi connectivity index (χ4v) is 0.946. The normalized spacial score (nSPS) is 11.8. The third-order valence-corrected chi connectivity index (χ3v) is 1.37. The van der Waals surface area contributed by atoms with Crippen LogP contribution in [0.15, 0.2) is 30.3 Å². The van der Waals surface area contributed by atoms with Gasteiger partial charge in [0.2, 0.25) is 0 Å². The minimum atomic E-state index is -0.484. The zero-order valence-electron chi connectivity index (χ0n) is 7.08. The molecule has 0 aliphatic heterocycles.